The maximum Gasteiger partial charge on any atom is 0.248 e. The summed E-state index contributed by atoms with van der Waals surface area (Å²) in [5, 5.41) is 8.68. The van der Waals surface area contributed by atoms with Crippen molar-refractivity contribution in [1.29, 1.82) is 0 Å². The smallest absolute Gasteiger partial charge is 0.248 e. The van der Waals surface area contributed by atoms with Crippen LogP contribution in [0.1, 0.15) is 0 Å². The standard InChI is InChI=1S/C64H43N5O/c1-6-18-44(19-7-1)50-26-16-28-52(40-50)57-42-59-60(43-58(57)53-29-17-27-51(41-53)45-20-8-2-9-21-45)66-62(61(65-59)46-22-10-3-11-23-46)47-32-36-55(37-33-47)69(54-30-14-5-15-31-54)56-38-34-49(35-39-56)64-68-67-63(70-64)48-24-12-4-13-25-48/h1-43H. The molecule has 0 N–H and O–H groups in total. The highest BCUT2D eigenvalue weighted by atomic mass is 16.4. The quantitative estimate of drug-likeness (QED) is 0.129. The lowest BCUT2D eigenvalue weighted by atomic mass is 9.90. The molecule has 12 aromatic rings. The Bertz CT molecular complexity index is 3730. The first-order chi connectivity index (χ1) is 34.7. The average molecular weight is 898 g/mol. The lowest BCUT2D eigenvalue weighted by molar-refractivity contribution is 0.584. The Morgan fingerprint density at radius 1 is 0.257 bits per heavy atom. The molecule has 0 aliphatic rings. The van der Waals surface area contributed by atoms with Crippen molar-refractivity contribution in [2.75, 3.05) is 4.90 Å². The number of fused-ring (bicyclic) bond motifs is 1. The van der Waals surface area contributed by atoms with Gasteiger partial charge in [0.15, 0.2) is 0 Å². The van der Waals surface area contributed by atoms with Crippen molar-refractivity contribution in [3.05, 3.63) is 261 Å². The lowest BCUT2D eigenvalue weighted by Crippen LogP contribution is -2.09. The van der Waals surface area contributed by atoms with E-state index in [0.29, 0.717) is 11.8 Å². The molecular weight excluding hydrogens is 855 g/mol. The number of anilines is 3. The van der Waals surface area contributed by atoms with Gasteiger partial charge in [-0.05, 0) is 129 Å². The van der Waals surface area contributed by atoms with Crippen molar-refractivity contribution in [2.45, 2.75) is 0 Å². The zero-order chi connectivity index (χ0) is 46.6. The van der Waals surface area contributed by atoms with Crippen molar-refractivity contribution in [1.82, 2.24) is 20.2 Å². The van der Waals surface area contributed by atoms with E-state index in [1.165, 1.54) is 11.1 Å². The Labute approximate surface area is 406 Å². The van der Waals surface area contributed by atoms with E-state index in [0.717, 1.165) is 95.1 Å². The fourth-order valence-corrected chi connectivity index (χ4v) is 9.16. The van der Waals surface area contributed by atoms with Crippen LogP contribution in [-0.4, -0.2) is 20.2 Å². The molecule has 0 radical (unpaired) electrons. The third-order valence-electron chi connectivity index (χ3n) is 12.6. The van der Waals surface area contributed by atoms with Crippen LogP contribution in [0.3, 0.4) is 0 Å². The highest BCUT2D eigenvalue weighted by Crippen LogP contribution is 2.42. The molecular formula is C64H43N5O. The van der Waals surface area contributed by atoms with E-state index in [4.69, 9.17) is 14.4 Å². The summed E-state index contributed by atoms with van der Waals surface area (Å²) in [6.07, 6.45) is 0. The van der Waals surface area contributed by atoms with Gasteiger partial charge in [-0.25, -0.2) is 9.97 Å². The Morgan fingerprint density at radius 3 is 1.04 bits per heavy atom. The molecule has 0 aliphatic carbocycles. The molecule has 2 heterocycles. The van der Waals surface area contributed by atoms with Crippen LogP contribution in [0.4, 0.5) is 17.1 Å². The first kappa shape index (κ1) is 41.9. The largest absolute Gasteiger partial charge is 0.416 e. The Hall–Kier alpha value is -9.52. The highest BCUT2D eigenvalue weighted by Gasteiger charge is 2.20. The summed E-state index contributed by atoms with van der Waals surface area (Å²) >= 11 is 0. The van der Waals surface area contributed by atoms with E-state index < -0.39 is 0 Å². The van der Waals surface area contributed by atoms with Crippen LogP contribution >= 0.6 is 0 Å². The third-order valence-corrected chi connectivity index (χ3v) is 12.6. The molecule has 12 rings (SSSR count). The van der Waals surface area contributed by atoms with Gasteiger partial charge in [0.2, 0.25) is 11.8 Å². The van der Waals surface area contributed by atoms with Crippen LogP contribution in [0.25, 0.3) is 101 Å². The van der Waals surface area contributed by atoms with Gasteiger partial charge in [0.25, 0.3) is 0 Å². The van der Waals surface area contributed by atoms with E-state index in [-0.39, 0.29) is 0 Å². The number of benzene rings is 10. The molecule has 0 bridgehead atoms. The molecule has 0 saturated heterocycles. The van der Waals surface area contributed by atoms with E-state index in [1.54, 1.807) is 0 Å². The summed E-state index contributed by atoms with van der Waals surface area (Å²) < 4.78 is 6.10. The number of hydrogen-bond acceptors (Lipinski definition) is 6. The van der Waals surface area contributed by atoms with Crippen molar-refractivity contribution >= 4 is 28.1 Å². The molecule has 0 aliphatic heterocycles. The van der Waals surface area contributed by atoms with Gasteiger partial charge in [-0.15, -0.1) is 10.2 Å². The fourth-order valence-electron chi connectivity index (χ4n) is 9.16. The van der Waals surface area contributed by atoms with E-state index in [9.17, 15) is 0 Å². The minimum absolute atomic E-state index is 0.466. The molecule has 2 aromatic heterocycles. The van der Waals surface area contributed by atoms with Crippen molar-refractivity contribution in [2.24, 2.45) is 0 Å². The van der Waals surface area contributed by atoms with Gasteiger partial charge in [-0.3, -0.25) is 0 Å². The van der Waals surface area contributed by atoms with Gasteiger partial charge >= 0.3 is 0 Å². The molecule has 6 nitrogen and oxygen atoms in total. The fraction of sp³-hybridized carbons (Fsp3) is 0. The van der Waals surface area contributed by atoms with Crippen LogP contribution in [0.15, 0.2) is 265 Å². The summed E-state index contributed by atoms with van der Waals surface area (Å²) in [4.78, 5) is 13.3. The van der Waals surface area contributed by atoms with Crippen LogP contribution in [0.2, 0.25) is 0 Å². The van der Waals surface area contributed by atoms with Gasteiger partial charge in [0, 0.05) is 39.3 Å². The predicted molar refractivity (Wildman–Crippen MR) is 286 cm³/mol. The molecule has 0 unspecified atom stereocenters. The van der Waals surface area contributed by atoms with E-state index >= 15 is 0 Å². The first-order valence-corrected chi connectivity index (χ1v) is 23.4. The first-order valence-electron chi connectivity index (χ1n) is 23.4. The van der Waals surface area contributed by atoms with Crippen molar-refractivity contribution in [3.8, 4) is 89.9 Å². The molecule has 0 saturated carbocycles. The third kappa shape index (κ3) is 8.42. The number of nitrogens with zero attached hydrogens (tertiary/aromatic N) is 5. The minimum atomic E-state index is 0.466. The molecule has 0 spiro atoms. The lowest BCUT2D eigenvalue weighted by Gasteiger charge is -2.25. The van der Waals surface area contributed by atoms with Crippen LogP contribution in [0.5, 0.6) is 0 Å². The van der Waals surface area contributed by atoms with Crippen LogP contribution < -0.4 is 4.90 Å². The van der Waals surface area contributed by atoms with Crippen LogP contribution in [0, 0.1) is 0 Å². The summed E-state index contributed by atoms with van der Waals surface area (Å²) in [5.41, 5.74) is 18.9. The normalized spacial score (nSPS) is 11.1. The summed E-state index contributed by atoms with van der Waals surface area (Å²) in [6, 6.07) is 90.6. The van der Waals surface area contributed by atoms with E-state index in [2.05, 4.69) is 221 Å². The number of rotatable bonds is 11. The number of hydrogen-bond donors (Lipinski definition) is 0. The summed E-state index contributed by atoms with van der Waals surface area (Å²) in [5.74, 6) is 0.953. The molecule has 0 fully saturated rings. The molecule has 0 amide bonds. The second-order valence-corrected chi connectivity index (χ2v) is 17.1. The second kappa shape index (κ2) is 18.6. The van der Waals surface area contributed by atoms with Gasteiger partial charge < -0.3 is 9.32 Å². The van der Waals surface area contributed by atoms with Gasteiger partial charge in [0.05, 0.1) is 22.4 Å². The zero-order valence-electron chi connectivity index (χ0n) is 38.0. The monoisotopic (exact) mass is 897 g/mol. The zero-order valence-corrected chi connectivity index (χ0v) is 38.0. The van der Waals surface area contributed by atoms with Gasteiger partial charge in [0.1, 0.15) is 0 Å². The Kier molecular flexibility index (Phi) is 11.1. The number of para-hydroxylation sites is 1. The highest BCUT2D eigenvalue weighted by molar-refractivity contribution is 5.97. The second-order valence-electron chi connectivity index (χ2n) is 17.1. The molecule has 10 aromatic carbocycles. The minimum Gasteiger partial charge on any atom is -0.416 e. The molecule has 70 heavy (non-hydrogen) atoms. The maximum atomic E-state index is 6.10. The summed E-state index contributed by atoms with van der Waals surface area (Å²) in [6.45, 7) is 0. The SMILES string of the molecule is c1ccc(-c2cccc(-c3cc4nc(-c5ccccc5)c(-c5ccc(N(c6ccccc6)c6ccc(-c7nnc(-c8ccccc8)o7)cc6)cc5)nc4cc3-c3cccc(-c4ccccc4)c3)c2)cc1. The topological polar surface area (TPSA) is 67.9 Å². The van der Waals surface area contributed by atoms with E-state index in [1.807, 2.05) is 54.6 Å². The molecule has 0 atom stereocenters. The van der Waals surface area contributed by atoms with Gasteiger partial charge in [-0.1, -0.05) is 176 Å². The maximum absolute atomic E-state index is 6.10. The van der Waals surface area contributed by atoms with Crippen LogP contribution in [-0.2, 0) is 0 Å². The number of aromatic nitrogens is 4. The predicted octanol–water partition coefficient (Wildman–Crippen LogP) is 16.8. The molecule has 330 valence electrons. The Morgan fingerprint density at radius 2 is 0.586 bits per heavy atom. The van der Waals surface area contributed by atoms with Crippen molar-refractivity contribution in [3.63, 3.8) is 0 Å². The summed E-state index contributed by atoms with van der Waals surface area (Å²) in [7, 11) is 0. The van der Waals surface area contributed by atoms with Gasteiger partial charge in [-0.2, -0.15) is 0 Å². The Balaban J connectivity index is 0.966. The molecule has 6 heteroatoms. The van der Waals surface area contributed by atoms with Crippen molar-refractivity contribution < 1.29 is 4.42 Å². The average Bonchev–Trinajstić information content (AvgIpc) is 3.95.